The van der Waals surface area contributed by atoms with E-state index in [0.717, 1.165) is 11.8 Å². The molecule has 0 unspecified atom stereocenters. The minimum absolute atomic E-state index is 0.138. The Morgan fingerprint density at radius 2 is 2.16 bits per heavy atom. The fourth-order valence-electron chi connectivity index (χ4n) is 1.74. The van der Waals surface area contributed by atoms with Crippen LogP contribution in [0.25, 0.3) is 11.0 Å². The molecule has 1 aromatic heterocycles. The Balaban J connectivity index is 2.09. The third kappa shape index (κ3) is 3.26. The number of amides is 1. The van der Waals surface area contributed by atoms with Crippen molar-refractivity contribution in [2.24, 2.45) is 0 Å². The molecule has 2 rings (SSSR count). The van der Waals surface area contributed by atoms with Gasteiger partial charge in [0, 0.05) is 44.2 Å². The van der Waals surface area contributed by atoms with E-state index < -0.39 is 0 Å². The van der Waals surface area contributed by atoms with Gasteiger partial charge in [-0.3, -0.25) is 4.79 Å². The van der Waals surface area contributed by atoms with Gasteiger partial charge in [0.25, 0.3) is 11.9 Å². The number of benzene rings is 1. The molecule has 0 radical (unpaired) electrons. The average molecular weight is 263 g/mol. The van der Waals surface area contributed by atoms with Gasteiger partial charge in [0.2, 0.25) is 0 Å². The van der Waals surface area contributed by atoms with Gasteiger partial charge in [-0.15, -0.1) is 0 Å². The van der Waals surface area contributed by atoms with Crippen LogP contribution in [0.4, 0.5) is 0 Å². The zero-order valence-corrected chi connectivity index (χ0v) is 11.1. The minimum Gasteiger partial charge on any atom is -0.465 e. The van der Waals surface area contributed by atoms with Gasteiger partial charge in [-0.1, -0.05) is 6.07 Å². The van der Waals surface area contributed by atoms with Crippen LogP contribution in [0.15, 0.2) is 28.7 Å². The largest absolute Gasteiger partial charge is 0.465 e. The molecular formula is C14H17NO4. The first-order valence-electron chi connectivity index (χ1n) is 6.12. The van der Waals surface area contributed by atoms with E-state index in [2.05, 4.69) is 5.32 Å². The van der Waals surface area contributed by atoms with Crippen molar-refractivity contribution in [2.75, 3.05) is 27.4 Å². The number of carbonyl (C=O) groups excluding carboxylic acids is 1. The van der Waals surface area contributed by atoms with Gasteiger partial charge < -0.3 is 19.2 Å². The smallest absolute Gasteiger partial charge is 0.285 e. The van der Waals surface area contributed by atoms with E-state index in [1.54, 1.807) is 26.3 Å². The van der Waals surface area contributed by atoms with Crippen LogP contribution in [-0.4, -0.2) is 33.3 Å². The maximum absolute atomic E-state index is 11.5. The first-order chi connectivity index (χ1) is 9.24. The van der Waals surface area contributed by atoms with Crippen molar-refractivity contribution in [2.45, 2.75) is 6.42 Å². The van der Waals surface area contributed by atoms with Crippen molar-refractivity contribution in [3.63, 3.8) is 0 Å². The molecule has 1 heterocycles. The number of rotatable bonds is 6. The lowest BCUT2D eigenvalue weighted by molar-refractivity contribution is 0.0963. The summed E-state index contributed by atoms with van der Waals surface area (Å²) in [7, 11) is 3.25. The third-order valence-electron chi connectivity index (χ3n) is 2.72. The van der Waals surface area contributed by atoms with Crippen LogP contribution < -0.4 is 10.1 Å². The number of furan rings is 1. The van der Waals surface area contributed by atoms with E-state index in [0.29, 0.717) is 30.3 Å². The second-order valence-electron chi connectivity index (χ2n) is 4.09. The molecule has 0 aliphatic rings. The standard InChI is InChI=1S/C14H17NO4/c1-15-14(16)11-5-4-10-9-13(19-12(10)8-11)18-7-3-6-17-2/h4-5,8-9H,3,6-7H2,1-2H3,(H,15,16). The lowest BCUT2D eigenvalue weighted by atomic mass is 10.1. The zero-order valence-electron chi connectivity index (χ0n) is 11.1. The van der Waals surface area contributed by atoms with E-state index >= 15 is 0 Å². The number of ether oxygens (including phenoxy) is 2. The highest BCUT2D eigenvalue weighted by Gasteiger charge is 2.08. The molecule has 1 amide bonds. The van der Waals surface area contributed by atoms with Gasteiger partial charge in [0.1, 0.15) is 5.58 Å². The van der Waals surface area contributed by atoms with Crippen LogP contribution in [0.2, 0.25) is 0 Å². The Hall–Kier alpha value is -2.01. The topological polar surface area (TPSA) is 60.7 Å². The van der Waals surface area contributed by atoms with Gasteiger partial charge in [-0.25, -0.2) is 0 Å². The number of hydrogen-bond donors (Lipinski definition) is 1. The van der Waals surface area contributed by atoms with Gasteiger partial charge in [0.15, 0.2) is 0 Å². The molecule has 1 N–H and O–H groups in total. The van der Waals surface area contributed by atoms with E-state index in [-0.39, 0.29) is 5.91 Å². The summed E-state index contributed by atoms with van der Waals surface area (Å²) in [5.74, 6) is 0.320. The highest BCUT2D eigenvalue weighted by molar-refractivity contribution is 5.97. The van der Waals surface area contributed by atoms with E-state index in [4.69, 9.17) is 13.9 Å². The maximum Gasteiger partial charge on any atom is 0.285 e. The second-order valence-corrected chi connectivity index (χ2v) is 4.09. The predicted octanol–water partition coefficient (Wildman–Crippen LogP) is 2.21. The van der Waals surface area contributed by atoms with Crippen molar-refractivity contribution in [3.8, 4) is 5.95 Å². The van der Waals surface area contributed by atoms with Crippen LogP contribution in [0.3, 0.4) is 0 Å². The Morgan fingerprint density at radius 1 is 1.32 bits per heavy atom. The first kappa shape index (κ1) is 13.4. The summed E-state index contributed by atoms with van der Waals surface area (Å²) >= 11 is 0. The van der Waals surface area contributed by atoms with Crippen LogP contribution in [0.5, 0.6) is 5.95 Å². The molecular weight excluding hydrogens is 246 g/mol. The molecule has 0 fully saturated rings. The fraction of sp³-hybridized carbons (Fsp3) is 0.357. The van der Waals surface area contributed by atoms with Crippen LogP contribution in [-0.2, 0) is 4.74 Å². The number of fused-ring (bicyclic) bond motifs is 1. The lowest BCUT2D eigenvalue weighted by Crippen LogP contribution is -2.17. The average Bonchev–Trinajstić information content (AvgIpc) is 2.84. The van der Waals surface area contributed by atoms with Crippen molar-refractivity contribution in [1.29, 1.82) is 0 Å². The van der Waals surface area contributed by atoms with Crippen LogP contribution in [0, 0.1) is 0 Å². The molecule has 0 spiro atoms. The molecule has 0 saturated carbocycles. The van der Waals surface area contributed by atoms with Gasteiger partial charge >= 0.3 is 0 Å². The SMILES string of the molecule is CNC(=O)c1ccc2cc(OCCCOC)oc2c1. The Labute approximate surface area is 111 Å². The molecule has 19 heavy (non-hydrogen) atoms. The van der Waals surface area contributed by atoms with E-state index in [9.17, 15) is 4.79 Å². The predicted molar refractivity (Wildman–Crippen MR) is 71.6 cm³/mol. The molecule has 1 aromatic carbocycles. The molecule has 0 saturated heterocycles. The molecule has 0 aliphatic heterocycles. The quantitative estimate of drug-likeness (QED) is 0.812. The second kappa shape index (κ2) is 6.24. The number of carbonyl (C=O) groups is 1. The highest BCUT2D eigenvalue weighted by atomic mass is 16.6. The molecule has 0 atom stereocenters. The van der Waals surface area contributed by atoms with Gasteiger partial charge in [-0.05, 0) is 12.1 Å². The third-order valence-corrected chi connectivity index (χ3v) is 2.72. The Morgan fingerprint density at radius 3 is 2.89 bits per heavy atom. The lowest BCUT2D eigenvalue weighted by Gasteiger charge is -2.00. The number of hydrogen-bond acceptors (Lipinski definition) is 4. The fourth-order valence-corrected chi connectivity index (χ4v) is 1.74. The maximum atomic E-state index is 11.5. The van der Waals surface area contributed by atoms with E-state index in [1.807, 2.05) is 12.1 Å². The van der Waals surface area contributed by atoms with Crippen molar-refractivity contribution in [3.05, 3.63) is 29.8 Å². The Kier molecular flexibility index (Phi) is 4.41. The summed E-state index contributed by atoms with van der Waals surface area (Å²) in [6.07, 6.45) is 0.803. The molecule has 0 aliphatic carbocycles. The summed E-state index contributed by atoms with van der Waals surface area (Å²) in [5, 5.41) is 3.49. The van der Waals surface area contributed by atoms with E-state index in [1.165, 1.54) is 0 Å². The van der Waals surface area contributed by atoms with Gasteiger partial charge in [-0.2, -0.15) is 0 Å². The zero-order chi connectivity index (χ0) is 13.7. The molecule has 5 heteroatoms. The highest BCUT2D eigenvalue weighted by Crippen LogP contribution is 2.25. The van der Waals surface area contributed by atoms with Crippen molar-refractivity contribution >= 4 is 16.9 Å². The molecule has 2 aromatic rings. The normalized spacial score (nSPS) is 10.6. The van der Waals surface area contributed by atoms with Crippen LogP contribution in [0.1, 0.15) is 16.8 Å². The first-order valence-corrected chi connectivity index (χ1v) is 6.12. The summed E-state index contributed by atoms with van der Waals surface area (Å²) in [5.41, 5.74) is 1.21. The molecule has 102 valence electrons. The molecule has 5 nitrogen and oxygen atoms in total. The van der Waals surface area contributed by atoms with Crippen LogP contribution >= 0.6 is 0 Å². The summed E-state index contributed by atoms with van der Waals surface area (Å²) in [6, 6.07) is 7.11. The minimum atomic E-state index is -0.138. The van der Waals surface area contributed by atoms with Gasteiger partial charge in [0.05, 0.1) is 6.61 Å². The summed E-state index contributed by atoms with van der Waals surface area (Å²) in [6.45, 7) is 1.19. The number of nitrogens with one attached hydrogen (secondary N) is 1. The van der Waals surface area contributed by atoms with Crippen molar-refractivity contribution < 1.29 is 18.7 Å². The summed E-state index contributed by atoms with van der Waals surface area (Å²) < 4.78 is 16.0. The number of methoxy groups -OCH3 is 1. The monoisotopic (exact) mass is 263 g/mol. The van der Waals surface area contributed by atoms with Crippen molar-refractivity contribution in [1.82, 2.24) is 5.32 Å². The molecule has 0 bridgehead atoms. The Bertz CT molecular complexity index is 562. The summed E-state index contributed by atoms with van der Waals surface area (Å²) in [4.78, 5) is 11.5.